The Labute approximate surface area is 117 Å². The van der Waals surface area contributed by atoms with Crippen LogP contribution in [-0.4, -0.2) is 40.9 Å². The van der Waals surface area contributed by atoms with Crippen LogP contribution in [0.4, 0.5) is 4.79 Å². The normalized spacial score (nSPS) is 26.1. The molecule has 0 bridgehead atoms. The summed E-state index contributed by atoms with van der Waals surface area (Å²) in [5, 5.41) is 10.1. The Balaban J connectivity index is 2.56. The fraction of sp³-hybridized carbons (Fsp3) is 0.933. The zero-order valence-corrected chi connectivity index (χ0v) is 13.0. The van der Waals surface area contributed by atoms with Crippen molar-refractivity contribution in [2.24, 2.45) is 11.8 Å². The number of rotatable bonds is 3. The molecule has 4 heteroatoms. The quantitative estimate of drug-likeness (QED) is 0.858. The lowest BCUT2D eigenvalue weighted by Crippen LogP contribution is -2.48. The second kappa shape index (κ2) is 6.60. The van der Waals surface area contributed by atoms with E-state index in [1.165, 1.54) is 0 Å². The number of hydrogen-bond donors (Lipinski definition) is 1. The van der Waals surface area contributed by atoms with E-state index in [4.69, 9.17) is 4.74 Å². The third kappa shape index (κ3) is 5.39. The van der Waals surface area contributed by atoms with Crippen molar-refractivity contribution < 1.29 is 14.6 Å². The van der Waals surface area contributed by atoms with Crippen LogP contribution in [0, 0.1) is 11.8 Å². The molecule has 0 aromatic carbocycles. The van der Waals surface area contributed by atoms with Crippen molar-refractivity contribution in [2.75, 3.05) is 13.1 Å². The molecule has 1 aliphatic rings. The first-order valence-electron chi connectivity index (χ1n) is 7.39. The van der Waals surface area contributed by atoms with Gasteiger partial charge in [-0.3, -0.25) is 0 Å². The van der Waals surface area contributed by atoms with Gasteiger partial charge in [-0.05, 0) is 39.5 Å². The number of ether oxygens (including phenoxy) is 1. The standard InChI is InChI=1S/C15H29NO3/c1-6-11(2)9-12-10-16(8-7-13(12)17)14(18)19-15(3,4)5/h11-13,17H,6-10H2,1-5H3. The van der Waals surface area contributed by atoms with Crippen molar-refractivity contribution in [2.45, 2.75) is 65.6 Å². The Morgan fingerprint density at radius 1 is 1.47 bits per heavy atom. The summed E-state index contributed by atoms with van der Waals surface area (Å²) in [4.78, 5) is 13.8. The van der Waals surface area contributed by atoms with E-state index in [1.807, 2.05) is 20.8 Å². The van der Waals surface area contributed by atoms with Crippen molar-refractivity contribution in [1.82, 2.24) is 4.90 Å². The summed E-state index contributed by atoms with van der Waals surface area (Å²) in [7, 11) is 0. The van der Waals surface area contributed by atoms with Gasteiger partial charge in [0.2, 0.25) is 0 Å². The van der Waals surface area contributed by atoms with Gasteiger partial charge in [0.1, 0.15) is 5.60 Å². The highest BCUT2D eigenvalue weighted by molar-refractivity contribution is 5.68. The molecule has 3 unspecified atom stereocenters. The maximum Gasteiger partial charge on any atom is 0.410 e. The number of likely N-dealkylation sites (tertiary alicyclic amines) is 1. The summed E-state index contributed by atoms with van der Waals surface area (Å²) in [6.07, 6.45) is 2.19. The average molecular weight is 271 g/mol. The van der Waals surface area contributed by atoms with Crippen LogP contribution in [0.2, 0.25) is 0 Å². The molecule has 1 saturated heterocycles. The van der Waals surface area contributed by atoms with E-state index in [-0.39, 0.29) is 18.1 Å². The lowest BCUT2D eigenvalue weighted by atomic mass is 9.86. The largest absolute Gasteiger partial charge is 0.444 e. The smallest absolute Gasteiger partial charge is 0.410 e. The fourth-order valence-corrected chi connectivity index (χ4v) is 2.43. The molecule has 1 fully saturated rings. The molecule has 0 aromatic heterocycles. The average Bonchev–Trinajstić information content (AvgIpc) is 2.29. The highest BCUT2D eigenvalue weighted by atomic mass is 16.6. The number of hydrogen-bond acceptors (Lipinski definition) is 3. The molecule has 1 aliphatic heterocycles. The summed E-state index contributed by atoms with van der Waals surface area (Å²) in [5.41, 5.74) is -0.459. The maximum atomic E-state index is 12.0. The number of carbonyl (C=O) groups excluding carboxylic acids is 1. The van der Waals surface area contributed by atoms with Crippen molar-refractivity contribution in [3.8, 4) is 0 Å². The Morgan fingerprint density at radius 3 is 2.63 bits per heavy atom. The zero-order chi connectivity index (χ0) is 14.6. The molecule has 0 saturated carbocycles. The van der Waals surface area contributed by atoms with Crippen LogP contribution in [0.1, 0.15) is 53.9 Å². The first-order chi connectivity index (χ1) is 8.73. The van der Waals surface area contributed by atoms with Gasteiger partial charge in [0.25, 0.3) is 0 Å². The minimum Gasteiger partial charge on any atom is -0.444 e. The number of carbonyl (C=O) groups is 1. The van der Waals surface area contributed by atoms with E-state index in [0.717, 1.165) is 12.8 Å². The van der Waals surface area contributed by atoms with E-state index in [9.17, 15) is 9.90 Å². The Hall–Kier alpha value is -0.770. The Bertz CT molecular complexity index is 298. The third-order valence-corrected chi connectivity index (χ3v) is 3.75. The first-order valence-corrected chi connectivity index (χ1v) is 7.39. The number of nitrogens with zero attached hydrogens (tertiary/aromatic N) is 1. The lowest BCUT2D eigenvalue weighted by molar-refractivity contribution is -0.0128. The number of amides is 1. The summed E-state index contributed by atoms with van der Waals surface area (Å²) in [6, 6.07) is 0. The van der Waals surface area contributed by atoms with Gasteiger partial charge in [0.05, 0.1) is 6.10 Å². The highest BCUT2D eigenvalue weighted by Gasteiger charge is 2.32. The number of aliphatic hydroxyl groups excluding tert-OH is 1. The fourth-order valence-electron chi connectivity index (χ4n) is 2.43. The van der Waals surface area contributed by atoms with Crippen molar-refractivity contribution >= 4 is 6.09 Å². The van der Waals surface area contributed by atoms with Crippen LogP contribution in [0.3, 0.4) is 0 Å². The molecule has 0 aliphatic carbocycles. The summed E-state index contributed by atoms with van der Waals surface area (Å²) < 4.78 is 5.40. The van der Waals surface area contributed by atoms with E-state index in [2.05, 4.69) is 13.8 Å². The second-order valence-electron chi connectivity index (χ2n) is 6.79. The van der Waals surface area contributed by atoms with Crippen LogP contribution in [0.25, 0.3) is 0 Å². The summed E-state index contributed by atoms with van der Waals surface area (Å²) in [5.74, 6) is 0.759. The molecule has 1 heterocycles. The SMILES string of the molecule is CCC(C)CC1CN(C(=O)OC(C)(C)C)CCC1O. The summed E-state index contributed by atoms with van der Waals surface area (Å²) in [6.45, 7) is 11.2. The van der Waals surface area contributed by atoms with Gasteiger partial charge in [0.15, 0.2) is 0 Å². The van der Waals surface area contributed by atoms with Gasteiger partial charge in [-0.25, -0.2) is 4.79 Å². The second-order valence-corrected chi connectivity index (χ2v) is 6.79. The molecule has 0 aromatic rings. The van der Waals surface area contributed by atoms with E-state index < -0.39 is 5.60 Å². The van der Waals surface area contributed by atoms with Gasteiger partial charge in [-0.15, -0.1) is 0 Å². The molecule has 1 rings (SSSR count). The Morgan fingerprint density at radius 2 is 2.11 bits per heavy atom. The van der Waals surface area contributed by atoms with Gasteiger partial charge in [-0.2, -0.15) is 0 Å². The van der Waals surface area contributed by atoms with Crippen molar-refractivity contribution in [1.29, 1.82) is 0 Å². The molecule has 19 heavy (non-hydrogen) atoms. The van der Waals surface area contributed by atoms with Gasteiger partial charge < -0.3 is 14.7 Å². The zero-order valence-electron chi connectivity index (χ0n) is 13.0. The molecular weight excluding hydrogens is 242 g/mol. The molecule has 112 valence electrons. The number of piperidine rings is 1. The Kier molecular flexibility index (Phi) is 5.65. The predicted molar refractivity (Wildman–Crippen MR) is 76.0 cm³/mol. The van der Waals surface area contributed by atoms with Crippen LogP contribution >= 0.6 is 0 Å². The van der Waals surface area contributed by atoms with E-state index in [0.29, 0.717) is 25.4 Å². The minimum atomic E-state index is -0.459. The summed E-state index contributed by atoms with van der Waals surface area (Å²) >= 11 is 0. The molecule has 0 radical (unpaired) electrons. The van der Waals surface area contributed by atoms with Crippen LogP contribution < -0.4 is 0 Å². The van der Waals surface area contributed by atoms with Crippen molar-refractivity contribution in [3.63, 3.8) is 0 Å². The van der Waals surface area contributed by atoms with E-state index in [1.54, 1.807) is 4.90 Å². The highest BCUT2D eigenvalue weighted by Crippen LogP contribution is 2.26. The van der Waals surface area contributed by atoms with Crippen LogP contribution in [-0.2, 0) is 4.74 Å². The van der Waals surface area contributed by atoms with Gasteiger partial charge >= 0.3 is 6.09 Å². The molecule has 1 amide bonds. The molecule has 1 N–H and O–H groups in total. The molecule has 3 atom stereocenters. The van der Waals surface area contributed by atoms with Gasteiger partial charge in [0, 0.05) is 19.0 Å². The van der Waals surface area contributed by atoms with E-state index >= 15 is 0 Å². The molecule has 4 nitrogen and oxygen atoms in total. The van der Waals surface area contributed by atoms with Crippen LogP contribution in [0.15, 0.2) is 0 Å². The molecular formula is C15H29NO3. The maximum absolute atomic E-state index is 12.0. The predicted octanol–water partition coefficient (Wildman–Crippen LogP) is 3.04. The lowest BCUT2D eigenvalue weighted by Gasteiger charge is -2.37. The monoisotopic (exact) mass is 271 g/mol. The third-order valence-electron chi connectivity index (χ3n) is 3.75. The number of aliphatic hydroxyl groups is 1. The molecule has 0 spiro atoms. The minimum absolute atomic E-state index is 0.177. The first kappa shape index (κ1) is 16.3. The van der Waals surface area contributed by atoms with Crippen molar-refractivity contribution in [3.05, 3.63) is 0 Å². The topological polar surface area (TPSA) is 49.8 Å². The van der Waals surface area contributed by atoms with Crippen LogP contribution in [0.5, 0.6) is 0 Å². The van der Waals surface area contributed by atoms with Gasteiger partial charge in [-0.1, -0.05) is 20.3 Å².